The highest BCUT2D eigenvalue weighted by Crippen LogP contribution is 2.20. The zero-order chi connectivity index (χ0) is 14.7. The van der Waals surface area contributed by atoms with Crippen LogP contribution < -0.4 is 5.56 Å². The Morgan fingerprint density at radius 3 is 2.43 bits per heavy atom. The molecule has 3 rings (SSSR count). The molecule has 0 atom stereocenters. The summed E-state index contributed by atoms with van der Waals surface area (Å²) in [5, 5.41) is 8.98. The van der Waals surface area contributed by atoms with Gasteiger partial charge < -0.3 is 0 Å². The van der Waals surface area contributed by atoms with Crippen LogP contribution in [-0.2, 0) is 0 Å². The predicted molar refractivity (Wildman–Crippen MR) is 82.2 cm³/mol. The highest BCUT2D eigenvalue weighted by molar-refractivity contribution is 5.64. The third-order valence-corrected chi connectivity index (χ3v) is 3.27. The Balaban J connectivity index is 2.14. The monoisotopic (exact) mass is 272 g/mol. The van der Waals surface area contributed by atoms with Crippen molar-refractivity contribution >= 4 is 0 Å². The van der Waals surface area contributed by atoms with E-state index in [0.717, 1.165) is 16.8 Å². The molecule has 0 N–H and O–H groups in total. The van der Waals surface area contributed by atoms with Crippen LogP contribution >= 0.6 is 0 Å². The van der Waals surface area contributed by atoms with E-state index in [-0.39, 0.29) is 5.56 Å². The average Bonchev–Trinajstić information content (AvgIpc) is 2.56. The maximum atomic E-state index is 12.0. The lowest BCUT2D eigenvalue weighted by Crippen LogP contribution is -2.16. The maximum Gasteiger partial charge on any atom is 0.255 e. The molecule has 0 radical (unpaired) electrons. The van der Waals surface area contributed by atoms with Gasteiger partial charge in [0.05, 0.1) is 11.6 Å². The number of hydrogen-bond acceptors (Lipinski definition) is 2. The van der Waals surface area contributed by atoms with Gasteiger partial charge in [0.25, 0.3) is 5.56 Å². The summed E-state index contributed by atoms with van der Waals surface area (Å²) in [6, 6.07) is 22.3. The van der Waals surface area contributed by atoms with E-state index in [0.29, 0.717) is 5.56 Å². The van der Waals surface area contributed by atoms with Gasteiger partial charge in [-0.3, -0.25) is 9.36 Å². The van der Waals surface area contributed by atoms with E-state index < -0.39 is 0 Å². The first kappa shape index (κ1) is 12.9. The maximum absolute atomic E-state index is 12.0. The van der Waals surface area contributed by atoms with Crippen LogP contribution in [0.2, 0.25) is 0 Å². The zero-order valence-corrected chi connectivity index (χ0v) is 11.2. The van der Waals surface area contributed by atoms with E-state index in [1.165, 1.54) is 0 Å². The van der Waals surface area contributed by atoms with Crippen molar-refractivity contribution in [3.05, 3.63) is 88.8 Å². The molecule has 100 valence electrons. The number of para-hydroxylation sites is 1. The van der Waals surface area contributed by atoms with Gasteiger partial charge in [-0.2, -0.15) is 5.26 Å². The Hall–Kier alpha value is -3.12. The fourth-order valence-electron chi connectivity index (χ4n) is 2.22. The fourth-order valence-corrected chi connectivity index (χ4v) is 2.22. The van der Waals surface area contributed by atoms with Gasteiger partial charge in [-0.1, -0.05) is 30.3 Å². The molecule has 0 unspecified atom stereocenters. The van der Waals surface area contributed by atoms with Crippen molar-refractivity contribution in [3.63, 3.8) is 0 Å². The number of pyridine rings is 1. The lowest BCUT2D eigenvalue weighted by molar-refractivity contribution is 0.993. The molecule has 0 bridgehead atoms. The van der Waals surface area contributed by atoms with E-state index in [4.69, 9.17) is 5.26 Å². The van der Waals surface area contributed by atoms with Crippen molar-refractivity contribution in [1.29, 1.82) is 5.26 Å². The van der Waals surface area contributed by atoms with Gasteiger partial charge in [0.1, 0.15) is 0 Å². The molecule has 1 heterocycles. The van der Waals surface area contributed by atoms with Crippen LogP contribution in [0.25, 0.3) is 16.8 Å². The van der Waals surface area contributed by atoms with Gasteiger partial charge in [-0.05, 0) is 41.5 Å². The minimum absolute atomic E-state index is 0.0820. The molecular weight excluding hydrogens is 260 g/mol. The molecule has 21 heavy (non-hydrogen) atoms. The number of nitrogens with zero attached hydrogens (tertiary/aromatic N) is 2. The quantitative estimate of drug-likeness (QED) is 0.718. The molecular formula is C18H12N2O. The molecule has 3 heteroatoms. The minimum atomic E-state index is -0.0820. The van der Waals surface area contributed by atoms with Crippen LogP contribution in [0.1, 0.15) is 5.56 Å². The van der Waals surface area contributed by atoms with Crippen molar-refractivity contribution in [3.8, 4) is 22.9 Å². The Morgan fingerprint density at radius 1 is 0.857 bits per heavy atom. The molecule has 0 saturated heterocycles. The first-order valence-electron chi connectivity index (χ1n) is 6.56. The van der Waals surface area contributed by atoms with Gasteiger partial charge >= 0.3 is 0 Å². The Labute approximate surface area is 122 Å². The minimum Gasteiger partial charge on any atom is -0.284 e. The lowest BCUT2D eigenvalue weighted by Gasteiger charge is -2.08. The summed E-state index contributed by atoms with van der Waals surface area (Å²) < 4.78 is 1.61. The van der Waals surface area contributed by atoms with E-state index in [1.54, 1.807) is 29.0 Å². The topological polar surface area (TPSA) is 45.8 Å². The largest absolute Gasteiger partial charge is 0.284 e. The van der Waals surface area contributed by atoms with Crippen molar-refractivity contribution in [2.75, 3.05) is 0 Å². The highest BCUT2D eigenvalue weighted by Gasteiger charge is 2.04. The molecule has 0 aliphatic carbocycles. The Kier molecular flexibility index (Phi) is 3.36. The van der Waals surface area contributed by atoms with E-state index in [2.05, 4.69) is 6.07 Å². The smallest absolute Gasteiger partial charge is 0.255 e. The molecule has 0 spiro atoms. The first-order valence-corrected chi connectivity index (χ1v) is 6.56. The predicted octanol–water partition coefficient (Wildman–Crippen LogP) is 3.38. The van der Waals surface area contributed by atoms with Gasteiger partial charge in [0.15, 0.2) is 0 Å². The lowest BCUT2D eigenvalue weighted by atomic mass is 10.1. The Bertz CT molecular complexity index is 873. The molecule has 2 aromatic carbocycles. The molecule has 3 aromatic rings. The zero-order valence-electron chi connectivity index (χ0n) is 11.2. The molecule has 0 fully saturated rings. The van der Waals surface area contributed by atoms with Crippen molar-refractivity contribution < 1.29 is 0 Å². The summed E-state index contributed by atoms with van der Waals surface area (Å²) in [5.41, 5.74) is 3.15. The summed E-state index contributed by atoms with van der Waals surface area (Å²) >= 11 is 0. The third-order valence-electron chi connectivity index (χ3n) is 3.27. The van der Waals surface area contributed by atoms with Crippen LogP contribution in [-0.4, -0.2) is 4.57 Å². The second-order valence-electron chi connectivity index (χ2n) is 4.65. The van der Waals surface area contributed by atoms with Crippen molar-refractivity contribution in [1.82, 2.24) is 4.57 Å². The Morgan fingerprint density at radius 2 is 1.67 bits per heavy atom. The highest BCUT2D eigenvalue weighted by atomic mass is 16.1. The van der Waals surface area contributed by atoms with Gasteiger partial charge in [0, 0.05) is 18.0 Å². The molecule has 1 aromatic heterocycles. The first-order chi connectivity index (χ1) is 10.3. The van der Waals surface area contributed by atoms with Crippen LogP contribution in [0.5, 0.6) is 0 Å². The van der Waals surface area contributed by atoms with Crippen molar-refractivity contribution in [2.45, 2.75) is 0 Å². The normalized spacial score (nSPS) is 10.0. The summed E-state index contributed by atoms with van der Waals surface area (Å²) in [5.74, 6) is 0. The molecule has 0 aliphatic heterocycles. The number of rotatable bonds is 2. The van der Waals surface area contributed by atoms with Crippen LogP contribution in [0.4, 0.5) is 0 Å². The second kappa shape index (κ2) is 5.48. The van der Waals surface area contributed by atoms with Gasteiger partial charge in [-0.15, -0.1) is 0 Å². The van der Waals surface area contributed by atoms with Crippen LogP contribution in [0.15, 0.2) is 77.7 Å². The average molecular weight is 272 g/mol. The molecule has 0 amide bonds. The standard InChI is InChI=1S/C18H12N2O/c19-12-14-5-4-6-15(11-14)16-9-10-18(21)20(13-16)17-7-2-1-3-8-17/h1-11,13H. The van der Waals surface area contributed by atoms with Crippen LogP contribution in [0.3, 0.4) is 0 Å². The van der Waals surface area contributed by atoms with Gasteiger partial charge in [-0.25, -0.2) is 0 Å². The fraction of sp³-hybridized carbons (Fsp3) is 0. The van der Waals surface area contributed by atoms with Crippen LogP contribution in [0, 0.1) is 11.3 Å². The summed E-state index contributed by atoms with van der Waals surface area (Å²) in [6.07, 6.45) is 1.80. The SMILES string of the molecule is N#Cc1cccc(-c2ccc(=O)n(-c3ccccc3)c2)c1. The molecule has 0 saturated carbocycles. The van der Waals surface area contributed by atoms with E-state index >= 15 is 0 Å². The summed E-state index contributed by atoms with van der Waals surface area (Å²) in [4.78, 5) is 12.0. The number of nitriles is 1. The van der Waals surface area contributed by atoms with E-state index in [9.17, 15) is 4.79 Å². The molecule has 0 aliphatic rings. The summed E-state index contributed by atoms with van der Waals surface area (Å²) in [7, 11) is 0. The number of hydrogen-bond donors (Lipinski definition) is 0. The second-order valence-corrected chi connectivity index (χ2v) is 4.65. The third kappa shape index (κ3) is 2.60. The van der Waals surface area contributed by atoms with Gasteiger partial charge in [0.2, 0.25) is 0 Å². The van der Waals surface area contributed by atoms with Crippen molar-refractivity contribution in [2.24, 2.45) is 0 Å². The summed E-state index contributed by atoms with van der Waals surface area (Å²) in [6.45, 7) is 0. The molecule has 3 nitrogen and oxygen atoms in total. The van der Waals surface area contributed by atoms with E-state index in [1.807, 2.05) is 48.5 Å². The number of benzene rings is 2. The number of aromatic nitrogens is 1.